The molecule has 2 atom stereocenters. The topological polar surface area (TPSA) is 99.9 Å². The highest BCUT2D eigenvalue weighted by Crippen LogP contribution is 2.29. The van der Waals surface area contributed by atoms with Crippen LogP contribution in [0.25, 0.3) is 0 Å². The summed E-state index contributed by atoms with van der Waals surface area (Å²) >= 11 is 0. The van der Waals surface area contributed by atoms with E-state index in [1.165, 1.54) is 30.4 Å². The Kier molecular flexibility index (Phi) is 4.30. The molecular weight excluding hydrogens is 276 g/mol. The molecule has 0 saturated heterocycles. The van der Waals surface area contributed by atoms with Crippen molar-refractivity contribution in [3.63, 3.8) is 0 Å². The Hall–Kier alpha value is -2.31. The molecule has 0 aliphatic heterocycles. The highest BCUT2D eigenvalue weighted by molar-refractivity contribution is 5.97. The summed E-state index contributed by atoms with van der Waals surface area (Å²) in [6.07, 6.45) is 4.24. The van der Waals surface area contributed by atoms with Gasteiger partial charge in [-0.2, -0.15) is 0 Å². The molecule has 1 aromatic rings. The second kappa shape index (κ2) is 5.99. The van der Waals surface area contributed by atoms with Gasteiger partial charge in [0.15, 0.2) is 0 Å². The summed E-state index contributed by atoms with van der Waals surface area (Å²) in [4.78, 5) is 36.7. The fraction of sp³-hybridized carbons (Fsp3) is 0.500. The lowest BCUT2D eigenvalue weighted by Crippen LogP contribution is -2.52. The number of furan rings is 1. The maximum absolute atomic E-state index is 12.4. The Bertz CT molecular complexity index is 536. The van der Waals surface area contributed by atoms with Crippen molar-refractivity contribution in [3.05, 3.63) is 24.2 Å². The number of aliphatic carboxylic acids is 1. The zero-order chi connectivity index (χ0) is 15.6. The molecule has 2 amide bonds. The number of amides is 2. The van der Waals surface area contributed by atoms with E-state index in [0.717, 1.165) is 12.8 Å². The second-order valence-corrected chi connectivity index (χ2v) is 5.20. The van der Waals surface area contributed by atoms with E-state index in [1.807, 2.05) is 0 Å². The molecule has 1 aromatic heterocycles. The van der Waals surface area contributed by atoms with Crippen LogP contribution in [0.15, 0.2) is 23.0 Å². The second-order valence-electron chi connectivity index (χ2n) is 5.20. The van der Waals surface area contributed by atoms with Crippen LogP contribution in [0.2, 0.25) is 0 Å². The minimum atomic E-state index is -1.05. The van der Waals surface area contributed by atoms with Crippen molar-refractivity contribution in [2.24, 2.45) is 0 Å². The molecule has 0 aromatic carbocycles. The number of nitrogens with zero attached hydrogens (tertiary/aromatic N) is 1. The number of nitrogens with one attached hydrogen (secondary N) is 1. The van der Waals surface area contributed by atoms with Gasteiger partial charge in [-0.1, -0.05) is 0 Å². The van der Waals surface area contributed by atoms with Crippen LogP contribution >= 0.6 is 0 Å². The summed E-state index contributed by atoms with van der Waals surface area (Å²) in [6.45, 7) is 3.02. The smallest absolute Gasteiger partial charge is 0.326 e. The Morgan fingerprint density at radius 1 is 1.38 bits per heavy atom. The number of carbonyl (C=O) groups excluding carboxylic acids is 2. The lowest BCUT2D eigenvalue weighted by molar-refractivity contribution is -0.150. The first kappa shape index (κ1) is 15.1. The maximum Gasteiger partial charge on any atom is 0.326 e. The van der Waals surface area contributed by atoms with Crippen LogP contribution in [0.3, 0.4) is 0 Å². The molecule has 7 heteroatoms. The van der Waals surface area contributed by atoms with E-state index in [1.54, 1.807) is 6.92 Å². The normalized spacial score (nSPS) is 16.9. The number of carboxylic acid groups (broad SMARTS) is 1. The molecule has 1 aliphatic carbocycles. The van der Waals surface area contributed by atoms with E-state index in [2.05, 4.69) is 5.32 Å². The summed E-state index contributed by atoms with van der Waals surface area (Å²) < 4.78 is 4.81. The fourth-order valence-electron chi connectivity index (χ4n) is 2.12. The van der Waals surface area contributed by atoms with Crippen molar-refractivity contribution in [3.8, 4) is 0 Å². The van der Waals surface area contributed by atoms with Gasteiger partial charge in [0.2, 0.25) is 5.91 Å². The Balaban J connectivity index is 2.03. The van der Waals surface area contributed by atoms with E-state index in [4.69, 9.17) is 9.52 Å². The van der Waals surface area contributed by atoms with Crippen LogP contribution in [0, 0.1) is 0 Å². The van der Waals surface area contributed by atoms with Crippen LogP contribution in [0.1, 0.15) is 37.0 Å². The molecule has 2 N–H and O–H groups in total. The molecule has 2 rings (SSSR count). The van der Waals surface area contributed by atoms with Crippen molar-refractivity contribution < 1.29 is 23.9 Å². The molecule has 0 bridgehead atoms. The van der Waals surface area contributed by atoms with Gasteiger partial charge in [0.05, 0.1) is 11.8 Å². The highest BCUT2D eigenvalue weighted by atomic mass is 16.4. The minimum Gasteiger partial charge on any atom is -0.480 e. The fourth-order valence-corrected chi connectivity index (χ4v) is 2.12. The van der Waals surface area contributed by atoms with Crippen molar-refractivity contribution in [1.82, 2.24) is 10.2 Å². The standard InChI is InChI=1S/C14H18N2O5/c1-8(15-12(17)10-5-6-21-7-10)13(18)16(11-3-4-11)9(2)14(19)20/h5-9,11H,3-4H2,1-2H3,(H,15,17)(H,19,20). The van der Waals surface area contributed by atoms with Gasteiger partial charge in [-0.3, -0.25) is 9.59 Å². The monoisotopic (exact) mass is 294 g/mol. The average molecular weight is 294 g/mol. The molecule has 21 heavy (non-hydrogen) atoms. The van der Waals surface area contributed by atoms with Gasteiger partial charge in [0.25, 0.3) is 5.91 Å². The number of carboxylic acids is 1. The third-order valence-corrected chi connectivity index (χ3v) is 3.47. The highest BCUT2D eigenvalue weighted by Gasteiger charge is 2.40. The Morgan fingerprint density at radius 3 is 2.52 bits per heavy atom. The zero-order valence-corrected chi connectivity index (χ0v) is 11.9. The van der Waals surface area contributed by atoms with Crippen LogP contribution in [0.4, 0.5) is 0 Å². The lowest BCUT2D eigenvalue weighted by atomic mass is 10.2. The first-order chi connectivity index (χ1) is 9.91. The molecule has 1 saturated carbocycles. The van der Waals surface area contributed by atoms with E-state index in [-0.39, 0.29) is 11.9 Å². The lowest BCUT2D eigenvalue weighted by Gasteiger charge is -2.29. The van der Waals surface area contributed by atoms with Gasteiger partial charge in [-0.15, -0.1) is 0 Å². The summed E-state index contributed by atoms with van der Waals surface area (Å²) in [6, 6.07) is -0.254. The molecule has 1 heterocycles. The van der Waals surface area contributed by atoms with E-state index >= 15 is 0 Å². The number of hydrogen-bond donors (Lipinski definition) is 2. The summed E-state index contributed by atoms with van der Waals surface area (Å²) in [5.41, 5.74) is 0.318. The van der Waals surface area contributed by atoms with Crippen molar-refractivity contribution >= 4 is 17.8 Å². The minimum absolute atomic E-state index is 0.0446. The number of rotatable bonds is 6. The van der Waals surface area contributed by atoms with Crippen molar-refractivity contribution in [1.29, 1.82) is 0 Å². The maximum atomic E-state index is 12.4. The van der Waals surface area contributed by atoms with Gasteiger partial charge >= 0.3 is 5.97 Å². The van der Waals surface area contributed by atoms with Gasteiger partial charge in [0, 0.05) is 6.04 Å². The number of carbonyl (C=O) groups is 3. The molecule has 0 spiro atoms. The SMILES string of the molecule is CC(NC(=O)c1ccoc1)C(=O)N(C1CC1)C(C)C(=O)O. The van der Waals surface area contributed by atoms with Crippen LogP contribution in [-0.4, -0.2) is 45.9 Å². The molecule has 0 radical (unpaired) electrons. The van der Waals surface area contributed by atoms with E-state index < -0.39 is 24.0 Å². The third-order valence-electron chi connectivity index (χ3n) is 3.47. The van der Waals surface area contributed by atoms with Crippen LogP contribution in [-0.2, 0) is 9.59 Å². The predicted molar refractivity (Wildman–Crippen MR) is 72.6 cm³/mol. The van der Waals surface area contributed by atoms with Gasteiger partial charge < -0.3 is 19.7 Å². The summed E-state index contributed by atoms with van der Waals surface area (Å²) in [5.74, 6) is -1.86. The molecule has 7 nitrogen and oxygen atoms in total. The third kappa shape index (κ3) is 3.42. The molecule has 1 fully saturated rings. The predicted octanol–water partition coefficient (Wildman–Crippen LogP) is 0.862. The zero-order valence-electron chi connectivity index (χ0n) is 11.9. The van der Waals surface area contributed by atoms with Crippen LogP contribution < -0.4 is 5.32 Å². The molecule has 2 unspecified atom stereocenters. The summed E-state index contributed by atoms with van der Waals surface area (Å²) in [7, 11) is 0. The van der Waals surface area contributed by atoms with Crippen molar-refractivity contribution in [2.45, 2.75) is 44.8 Å². The van der Waals surface area contributed by atoms with Crippen LogP contribution in [0.5, 0.6) is 0 Å². The number of hydrogen-bond acceptors (Lipinski definition) is 4. The van der Waals surface area contributed by atoms with E-state index in [0.29, 0.717) is 5.56 Å². The quantitative estimate of drug-likeness (QED) is 0.810. The molecule has 1 aliphatic rings. The first-order valence-electron chi connectivity index (χ1n) is 6.80. The Labute approximate surface area is 121 Å². The van der Waals surface area contributed by atoms with Gasteiger partial charge in [-0.25, -0.2) is 4.79 Å². The average Bonchev–Trinajstić information content (AvgIpc) is 3.10. The summed E-state index contributed by atoms with van der Waals surface area (Å²) in [5, 5.41) is 11.7. The molecule has 114 valence electrons. The first-order valence-corrected chi connectivity index (χ1v) is 6.80. The van der Waals surface area contributed by atoms with Gasteiger partial charge in [0.1, 0.15) is 18.3 Å². The largest absolute Gasteiger partial charge is 0.480 e. The molecular formula is C14H18N2O5. The van der Waals surface area contributed by atoms with Gasteiger partial charge in [-0.05, 0) is 32.8 Å². The van der Waals surface area contributed by atoms with Crippen molar-refractivity contribution in [2.75, 3.05) is 0 Å². The Morgan fingerprint density at radius 2 is 2.05 bits per heavy atom. The van der Waals surface area contributed by atoms with E-state index in [9.17, 15) is 14.4 Å².